The van der Waals surface area contributed by atoms with Crippen LogP contribution in [0.15, 0.2) is 30.3 Å². The van der Waals surface area contributed by atoms with Crippen LogP contribution in [0, 0.1) is 20.8 Å². The average Bonchev–Trinajstić information content (AvgIpc) is 3.16. The first-order chi connectivity index (χ1) is 14.9. The van der Waals surface area contributed by atoms with Crippen LogP contribution >= 0.6 is 0 Å². The highest BCUT2D eigenvalue weighted by Gasteiger charge is 2.33. The Balaban J connectivity index is 1.41. The summed E-state index contributed by atoms with van der Waals surface area (Å²) in [5.41, 5.74) is 4.83. The molecule has 31 heavy (non-hydrogen) atoms. The van der Waals surface area contributed by atoms with E-state index < -0.39 is 0 Å². The summed E-state index contributed by atoms with van der Waals surface area (Å²) in [6.07, 6.45) is 0.503. The summed E-state index contributed by atoms with van der Waals surface area (Å²) in [7, 11) is 0. The fraction of sp³-hybridized carbons (Fsp3) is 0.458. The fourth-order valence-corrected chi connectivity index (χ4v) is 4.29. The first-order valence-electron chi connectivity index (χ1n) is 10.9. The third-order valence-electron chi connectivity index (χ3n) is 6.32. The molecule has 0 saturated carbocycles. The molecule has 4 rings (SSSR count). The lowest BCUT2D eigenvalue weighted by atomic mass is 10.1. The van der Waals surface area contributed by atoms with Crippen molar-refractivity contribution >= 4 is 23.5 Å². The van der Waals surface area contributed by atoms with Crippen LogP contribution in [-0.4, -0.2) is 60.7 Å². The highest BCUT2D eigenvalue weighted by atomic mass is 16.6. The number of anilines is 2. The van der Waals surface area contributed by atoms with Gasteiger partial charge in [-0.15, -0.1) is 0 Å². The van der Waals surface area contributed by atoms with Crippen molar-refractivity contribution in [2.75, 3.05) is 42.6 Å². The number of aryl methyl sites for hydroxylation is 3. The van der Waals surface area contributed by atoms with Gasteiger partial charge < -0.3 is 14.5 Å². The third kappa shape index (κ3) is 4.09. The Morgan fingerprint density at radius 2 is 1.74 bits per heavy atom. The van der Waals surface area contributed by atoms with E-state index in [0.717, 1.165) is 36.7 Å². The number of carbonyl (C=O) groups is 2. The van der Waals surface area contributed by atoms with E-state index in [1.165, 1.54) is 11.1 Å². The Morgan fingerprint density at radius 3 is 2.39 bits per heavy atom. The van der Waals surface area contributed by atoms with Crippen LogP contribution in [0.4, 0.5) is 16.3 Å². The first kappa shape index (κ1) is 21.2. The van der Waals surface area contributed by atoms with Crippen molar-refractivity contribution in [2.45, 2.75) is 40.2 Å². The predicted molar refractivity (Wildman–Crippen MR) is 121 cm³/mol. The van der Waals surface area contributed by atoms with E-state index in [2.05, 4.69) is 24.8 Å². The van der Waals surface area contributed by atoms with Crippen LogP contribution in [0.2, 0.25) is 0 Å². The van der Waals surface area contributed by atoms with E-state index in [4.69, 9.17) is 9.72 Å². The summed E-state index contributed by atoms with van der Waals surface area (Å²) in [5, 5.41) is 0. The molecule has 0 N–H and O–H groups in total. The molecule has 7 nitrogen and oxygen atoms in total. The van der Waals surface area contributed by atoms with Crippen molar-refractivity contribution in [1.82, 2.24) is 9.88 Å². The second-order valence-electron chi connectivity index (χ2n) is 8.37. The molecule has 2 saturated heterocycles. The molecule has 0 radical (unpaired) electrons. The van der Waals surface area contributed by atoms with E-state index >= 15 is 0 Å². The van der Waals surface area contributed by atoms with Crippen LogP contribution in [0.5, 0.6) is 0 Å². The van der Waals surface area contributed by atoms with Gasteiger partial charge in [-0.3, -0.25) is 9.69 Å². The quantitative estimate of drug-likeness (QED) is 0.752. The number of amides is 2. The molecule has 164 valence electrons. The van der Waals surface area contributed by atoms with Crippen molar-refractivity contribution in [3.8, 4) is 0 Å². The van der Waals surface area contributed by atoms with Gasteiger partial charge in [-0.1, -0.05) is 13.0 Å². The van der Waals surface area contributed by atoms with Gasteiger partial charge in [0.15, 0.2) is 0 Å². The van der Waals surface area contributed by atoms with Crippen LogP contribution in [0.25, 0.3) is 0 Å². The van der Waals surface area contributed by atoms with Crippen molar-refractivity contribution in [1.29, 1.82) is 0 Å². The minimum absolute atomic E-state index is 0.0204. The van der Waals surface area contributed by atoms with E-state index in [1.54, 1.807) is 17.0 Å². The number of piperazine rings is 1. The standard InChI is InChI=1S/C24H30N4O3/c1-5-20-15-31-24(30)28(20)21-8-6-19(7-9-21)23(29)27-12-10-26(11-13-27)22-17(3)14-16(2)18(4)25-22/h6-9,14,20H,5,10-13,15H2,1-4H3. The Morgan fingerprint density at radius 1 is 1.06 bits per heavy atom. The normalized spacial score (nSPS) is 19.0. The monoisotopic (exact) mass is 422 g/mol. The van der Waals surface area contributed by atoms with Crippen LogP contribution in [0.1, 0.15) is 40.5 Å². The van der Waals surface area contributed by atoms with Gasteiger partial charge in [-0.25, -0.2) is 9.78 Å². The number of hydrogen-bond donors (Lipinski definition) is 0. The molecule has 0 bridgehead atoms. The maximum Gasteiger partial charge on any atom is 0.414 e. The second-order valence-corrected chi connectivity index (χ2v) is 8.37. The van der Waals surface area contributed by atoms with E-state index in [1.807, 2.05) is 30.9 Å². The van der Waals surface area contributed by atoms with Crippen LogP contribution in [-0.2, 0) is 4.74 Å². The summed E-state index contributed by atoms with van der Waals surface area (Å²) in [6, 6.07) is 9.50. The molecule has 2 amide bonds. The Kier molecular flexibility index (Phi) is 5.85. The number of hydrogen-bond acceptors (Lipinski definition) is 5. The van der Waals surface area contributed by atoms with Crippen molar-refractivity contribution in [2.24, 2.45) is 0 Å². The van der Waals surface area contributed by atoms with Crippen molar-refractivity contribution in [3.05, 3.63) is 52.7 Å². The number of ether oxygens (including phenoxy) is 1. The third-order valence-corrected chi connectivity index (χ3v) is 6.32. The fourth-order valence-electron chi connectivity index (χ4n) is 4.29. The van der Waals surface area contributed by atoms with Gasteiger partial charge in [-0.2, -0.15) is 0 Å². The lowest BCUT2D eigenvalue weighted by Crippen LogP contribution is -2.49. The molecule has 1 atom stereocenters. The zero-order valence-electron chi connectivity index (χ0n) is 18.7. The molecule has 2 aliphatic heterocycles. The van der Waals surface area contributed by atoms with E-state index in [9.17, 15) is 9.59 Å². The SMILES string of the molecule is CCC1COC(=O)N1c1ccc(C(=O)N2CCN(c3nc(C)c(C)cc3C)CC2)cc1. The van der Waals surface area contributed by atoms with Gasteiger partial charge >= 0.3 is 6.09 Å². The average molecular weight is 423 g/mol. The summed E-state index contributed by atoms with van der Waals surface area (Å²) < 4.78 is 5.17. The smallest absolute Gasteiger partial charge is 0.414 e. The molecule has 1 unspecified atom stereocenters. The largest absolute Gasteiger partial charge is 0.447 e. The lowest BCUT2D eigenvalue weighted by molar-refractivity contribution is 0.0746. The van der Waals surface area contributed by atoms with E-state index in [0.29, 0.717) is 25.3 Å². The Hall–Kier alpha value is -3.09. The molecule has 2 fully saturated rings. The van der Waals surface area contributed by atoms with Gasteiger partial charge in [0.25, 0.3) is 5.91 Å². The molecule has 1 aromatic carbocycles. The number of benzene rings is 1. The molecular formula is C24H30N4O3. The van der Waals surface area contributed by atoms with Crippen LogP contribution in [0.3, 0.4) is 0 Å². The highest BCUT2D eigenvalue weighted by molar-refractivity contribution is 5.96. The molecule has 1 aromatic heterocycles. The summed E-state index contributed by atoms with van der Waals surface area (Å²) in [5.74, 6) is 1.04. The van der Waals surface area contributed by atoms with E-state index in [-0.39, 0.29) is 18.0 Å². The second kappa shape index (κ2) is 8.57. The first-order valence-corrected chi connectivity index (χ1v) is 10.9. The van der Waals surface area contributed by atoms with Crippen LogP contribution < -0.4 is 9.80 Å². The predicted octanol–water partition coefficient (Wildman–Crippen LogP) is 3.70. The number of nitrogens with zero attached hydrogens (tertiary/aromatic N) is 4. The van der Waals surface area contributed by atoms with Gasteiger partial charge in [0, 0.05) is 43.1 Å². The van der Waals surface area contributed by atoms with Gasteiger partial charge in [0.1, 0.15) is 12.4 Å². The summed E-state index contributed by atoms with van der Waals surface area (Å²) in [6.45, 7) is 11.5. The van der Waals surface area contributed by atoms with Crippen molar-refractivity contribution < 1.29 is 14.3 Å². The molecule has 2 aromatic rings. The van der Waals surface area contributed by atoms with Crippen molar-refractivity contribution in [3.63, 3.8) is 0 Å². The molecule has 7 heteroatoms. The highest BCUT2D eigenvalue weighted by Crippen LogP contribution is 2.26. The maximum atomic E-state index is 13.0. The zero-order valence-corrected chi connectivity index (χ0v) is 18.7. The Labute approximate surface area is 183 Å². The number of pyridine rings is 1. The molecule has 0 aliphatic carbocycles. The number of cyclic esters (lactones) is 1. The molecular weight excluding hydrogens is 392 g/mol. The zero-order chi connectivity index (χ0) is 22.1. The van der Waals surface area contributed by atoms with Gasteiger partial charge in [0.05, 0.1) is 6.04 Å². The Bertz CT molecular complexity index is 981. The van der Waals surface area contributed by atoms with Gasteiger partial charge in [-0.05, 0) is 62.6 Å². The summed E-state index contributed by atoms with van der Waals surface area (Å²) in [4.78, 5) is 35.6. The molecule has 0 spiro atoms. The molecule has 3 heterocycles. The topological polar surface area (TPSA) is 66.0 Å². The number of carbonyl (C=O) groups excluding carboxylic acids is 2. The maximum absolute atomic E-state index is 13.0. The van der Waals surface area contributed by atoms with Gasteiger partial charge in [0.2, 0.25) is 0 Å². The minimum Gasteiger partial charge on any atom is -0.447 e. The number of rotatable bonds is 4. The number of aromatic nitrogens is 1. The molecule has 2 aliphatic rings. The summed E-state index contributed by atoms with van der Waals surface area (Å²) >= 11 is 0. The minimum atomic E-state index is -0.322. The lowest BCUT2D eigenvalue weighted by Gasteiger charge is -2.36.